The van der Waals surface area contributed by atoms with Crippen LogP contribution in [0.5, 0.6) is 0 Å². The molecule has 0 saturated carbocycles. The second-order valence-corrected chi connectivity index (χ2v) is 4.47. The van der Waals surface area contributed by atoms with Gasteiger partial charge in [0.2, 0.25) is 5.78 Å². The molecule has 0 spiro atoms. The third-order valence-electron chi connectivity index (χ3n) is 2.53. The van der Waals surface area contributed by atoms with E-state index in [1.165, 1.54) is 6.92 Å². The highest BCUT2D eigenvalue weighted by Gasteiger charge is 2.02. The van der Waals surface area contributed by atoms with Crippen molar-refractivity contribution >= 4 is 11.8 Å². The Morgan fingerprint density at radius 3 is 2.50 bits per heavy atom. The van der Waals surface area contributed by atoms with E-state index < -0.39 is 17.9 Å². The maximum atomic E-state index is 11.0. The van der Waals surface area contributed by atoms with E-state index in [1.807, 2.05) is 12.2 Å². The predicted molar refractivity (Wildman–Crippen MR) is 88.7 cm³/mol. The fraction of sp³-hybridized carbons (Fsp3) is 0.368. The van der Waals surface area contributed by atoms with E-state index in [2.05, 4.69) is 36.8 Å². The van der Waals surface area contributed by atoms with Crippen molar-refractivity contribution in [2.75, 3.05) is 0 Å². The van der Waals surface area contributed by atoms with Crippen LogP contribution in [0.1, 0.15) is 39.0 Å². The average Bonchev–Trinajstić information content (AvgIpc) is 2.49. The fourth-order valence-corrected chi connectivity index (χ4v) is 1.49. The first-order valence-electron chi connectivity index (χ1n) is 7.23. The Hall–Kier alpha value is -2.52. The van der Waals surface area contributed by atoms with E-state index >= 15 is 0 Å². The van der Waals surface area contributed by atoms with Crippen molar-refractivity contribution < 1.29 is 14.3 Å². The minimum Gasteiger partial charge on any atom is -0.445 e. The molecule has 0 aromatic carbocycles. The molecule has 3 heteroatoms. The lowest BCUT2D eigenvalue weighted by atomic mass is 10.1. The van der Waals surface area contributed by atoms with Crippen molar-refractivity contribution in [3.63, 3.8) is 0 Å². The van der Waals surface area contributed by atoms with E-state index in [4.69, 9.17) is 4.74 Å². The standard InChI is InChI=1S/C19H22O3/c1-4-6-7-8-9-10-11-15-19(22-17(3)20)16-13-12-14-18(21)5-2/h4-5,11,15,19H,1-2,6-10H2,3H3/b15-11+/t19-/m0/s1. The van der Waals surface area contributed by atoms with Gasteiger partial charge < -0.3 is 4.74 Å². The molecule has 3 nitrogen and oxygen atoms in total. The van der Waals surface area contributed by atoms with Crippen LogP contribution in [0.4, 0.5) is 0 Å². The largest absolute Gasteiger partial charge is 0.445 e. The van der Waals surface area contributed by atoms with Gasteiger partial charge in [-0.2, -0.15) is 0 Å². The molecule has 0 N–H and O–H groups in total. The number of carbonyl (C=O) groups excluding carboxylic acids is 2. The van der Waals surface area contributed by atoms with Crippen molar-refractivity contribution in [1.29, 1.82) is 0 Å². The van der Waals surface area contributed by atoms with E-state index in [0.29, 0.717) is 0 Å². The number of carbonyl (C=O) groups is 2. The Morgan fingerprint density at radius 1 is 1.14 bits per heavy atom. The summed E-state index contributed by atoms with van der Waals surface area (Å²) in [4.78, 5) is 21.9. The summed E-state index contributed by atoms with van der Waals surface area (Å²) in [5, 5.41) is 0. The Kier molecular flexibility index (Phi) is 11.9. The molecule has 116 valence electrons. The quantitative estimate of drug-likeness (QED) is 0.164. The number of ketones is 1. The number of allylic oxidation sites excluding steroid dienone is 3. The molecule has 0 aromatic heterocycles. The van der Waals surface area contributed by atoms with Gasteiger partial charge in [0.05, 0.1) is 0 Å². The summed E-state index contributed by atoms with van der Waals surface area (Å²) in [5.74, 6) is 9.07. The van der Waals surface area contributed by atoms with Gasteiger partial charge in [0.1, 0.15) is 0 Å². The maximum absolute atomic E-state index is 11.0. The summed E-state index contributed by atoms with van der Waals surface area (Å²) in [6.07, 6.45) is 11.3. The molecule has 0 fully saturated rings. The second-order valence-electron chi connectivity index (χ2n) is 4.47. The van der Waals surface area contributed by atoms with Gasteiger partial charge in [-0.3, -0.25) is 9.59 Å². The van der Waals surface area contributed by atoms with Gasteiger partial charge in [-0.05, 0) is 61.5 Å². The van der Waals surface area contributed by atoms with Gasteiger partial charge in [-0.25, -0.2) is 0 Å². The van der Waals surface area contributed by atoms with Gasteiger partial charge in [0, 0.05) is 6.92 Å². The fourth-order valence-electron chi connectivity index (χ4n) is 1.49. The monoisotopic (exact) mass is 298 g/mol. The lowest BCUT2D eigenvalue weighted by Gasteiger charge is -2.05. The number of esters is 1. The highest BCUT2D eigenvalue weighted by Crippen LogP contribution is 2.05. The molecule has 0 aromatic rings. The topological polar surface area (TPSA) is 43.4 Å². The lowest BCUT2D eigenvalue weighted by molar-refractivity contribution is -0.142. The molecule has 1 atom stereocenters. The number of hydrogen-bond acceptors (Lipinski definition) is 3. The maximum Gasteiger partial charge on any atom is 0.304 e. The smallest absolute Gasteiger partial charge is 0.304 e. The van der Waals surface area contributed by atoms with Crippen molar-refractivity contribution in [1.82, 2.24) is 0 Å². The van der Waals surface area contributed by atoms with Crippen molar-refractivity contribution in [3.8, 4) is 23.7 Å². The summed E-state index contributed by atoms with van der Waals surface area (Å²) in [5.41, 5.74) is 0. The molecule has 0 amide bonds. The van der Waals surface area contributed by atoms with Crippen LogP contribution in [0.15, 0.2) is 37.5 Å². The van der Waals surface area contributed by atoms with Crippen LogP contribution in [0.25, 0.3) is 0 Å². The highest BCUT2D eigenvalue weighted by molar-refractivity contribution is 6.04. The number of unbranched alkanes of at least 4 members (excludes halogenated alkanes) is 4. The molecule has 0 aliphatic rings. The summed E-state index contributed by atoms with van der Waals surface area (Å²) >= 11 is 0. The van der Waals surface area contributed by atoms with Crippen LogP contribution in [-0.4, -0.2) is 17.9 Å². The van der Waals surface area contributed by atoms with E-state index in [-0.39, 0.29) is 0 Å². The number of hydrogen-bond donors (Lipinski definition) is 0. The van der Waals surface area contributed by atoms with Crippen molar-refractivity contribution in [2.45, 2.75) is 45.1 Å². The molecule has 22 heavy (non-hydrogen) atoms. The predicted octanol–water partition coefficient (Wildman–Crippen LogP) is 3.37. The zero-order chi connectivity index (χ0) is 16.6. The summed E-state index contributed by atoms with van der Waals surface area (Å²) < 4.78 is 5.04. The third-order valence-corrected chi connectivity index (χ3v) is 2.53. The minimum absolute atomic E-state index is 0.395. The molecule has 0 saturated heterocycles. The lowest BCUT2D eigenvalue weighted by Crippen LogP contribution is -2.11. The summed E-state index contributed by atoms with van der Waals surface area (Å²) in [6, 6.07) is 0. The first kappa shape index (κ1) is 19.5. The first-order valence-corrected chi connectivity index (χ1v) is 7.23. The van der Waals surface area contributed by atoms with Crippen molar-refractivity contribution in [2.24, 2.45) is 0 Å². The average molecular weight is 298 g/mol. The van der Waals surface area contributed by atoms with Gasteiger partial charge >= 0.3 is 5.97 Å². The van der Waals surface area contributed by atoms with Crippen LogP contribution in [0.2, 0.25) is 0 Å². The van der Waals surface area contributed by atoms with Crippen LogP contribution < -0.4 is 0 Å². The van der Waals surface area contributed by atoms with Gasteiger partial charge in [-0.1, -0.05) is 25.2 Å². The van der Waals surface area contributed by atoms with Gasteiger partial charge in [-0.15, -0.1) is 6.58 Å². The second kappa shape index (κ2) is 13.5. The Morgan fingerprint density at radius 2 is 1.86 bits per heavy atom. The molecule has 0 bridgehead atoms. The van der Waals surface area contributed by atoms with Crippen LogP contribution >= 0.6 is 0 Å². The molecule has 0 unspecified atom stereocenters. The normalized spacial score (nSPS) is 10.6. The third kappa shape index (κ3) is 12.5. The number of ether oxygens (including phenoxy) is 1. The molecule has 0 radical (unpaired) electrons. The summed E-state index contributed by atoms with van der Waals surface area (Å²) in [6.45, 7) is 8.31. The molecule has 0 aliphatic carbocycles. The van der Waals surface area contributed by atoms with Crippen LogP contribution in [0.3, 0.4) is 0 Å². The molecular weight excluding hydrogens is 276 g/mol. The van der Waals surface area contributed by atoms with Gasteiger partial charge in [0.25, 0.3) is 0 Å². The van der Waals surface area contributed by atoms with E-state index in [1.54, 1.807) is 6.08 Å². The SMILES string of the molecule is C=CCCCCC/C=C/[C@@H](C#CC#CC(=O)C=C)OC(C)=O. The number of rotatable bonds is 9. The zero-order valence-corrected chi connectivity index (χ0v) is 13.1. The Balaban J connectivity index is 4.39. The molecule has 0 aliphatic heterocycles. The summed E-state index contributed by atoms with van der Waals surface area (Å²) in [7, 11) is 0. The molecule has 0 rings (SSSR count). The van der Waals surface area contributed by atoms with Gasteiger partial charge in [0.15, 0.2) is 6.10 Å². The Labute approximate surface area is 133 Å². The van der Waals surface area contributed by atoms with Crippen LogP contribution in [-0.2, 0) is 14.3 Å². The van der Waals surface area contributed by atoms with Crippen molar-refractivity contribution in [3.05, 3.63) is 37.5 Å². The molecular formula is C19H22O3. The van der Waals surface area contributed by atoms with Crippen LogP contribution in [0, 0.1) is 23.7 Å². The van der Waals surface area contributed by atoms with E-state index in [0.717, 1.165) is 38.2 Å². The first-order chi connectivity index (χ1) is 10.6. The zero-order valence-electron chi connectivity index (χ0n) is 13.1. The minimum atomic E-state index is -0.640. The molecule has 0 heterocycles. The Bertz CT molecular complexity index is 532. The van der Waals surface area contributed by atoms with E-state index in [9.17, 15) is 9.59 Å². The highest BCUT2D eigenvalue weighted by atomic mass is 16.5.